The van der Waals surface area contributed by atoms with Crippen LogP contribution < -0.4 is 5.32 Å². The smallest absolute Gasteiger partial charge is 0.146 e. The highest BCUT2D eigenvalue weighted by molar-refractivity contribution is 7.19. The van der Waals surface area contributed by atoms with Crippen molar-refractivity contribution in [3.8, 4) is 6.07 Å². The Balaban J connectivity index is 2.28. The van der Waals surface area contributed by atoms with Gasteiger partial charge < -0.3 is 5.32 Å². The second-order valence-electron chi connectivity index (χ2n) is 3.03. The highest BCUT2D eigenvalue weighted by Crippen LogP contribution is 2.28. The number of nitrogens with zero attached hydrogens (tertiary/aromatic N) is 3. The molecule has 0 saturated carbocycles. The Hall–Kier alpha value is -1.64. The molecular weight excluding hydrogens is 244 g/mol. The molecule has 0 unspecified atom stereocenters. The fourth-order valence-electron chi connectivity index (χ4n) is 1.20. The average molecular weight is 251 g/mol. The van der Waals surface area contributed by atoms with Crippen LogP contribution in [0.25, 0.3) is 0 Å². The minimum atomic E-state index is 0.345. The first-order valence-electron chi connectivity index (χ1n) is 4.45. The van der Waals surface area contributed by atoms with E-state index in [-0.39, 0.29) is 0 Å². The highest BCUT2D eigenvalue weighted by Gasteiger charge is 2.03. The van der Waals surface area contributed by atoms with E-state index in [9.17, 15) is 0 Å². The molecule has 0 aliphatic rings. The largest absolute Gasteiger partial charge is 0.332 e. The number of hydrogen-bond donors (Lipinski definition) is 1. The molecule has 6 heteroatoms. The normalized spacial score (nSPS) is 9.81. The fraction of sp³-hybridized carbons (Fsp3) is 0.100. The van der Waals surface area contributed by atoms with Crippen molar-refractivity contribution in [3.05, 3.63) is 34.1 Å². The van der Waals surface area contributed by atoms with Gasteiger partial charge in [0.05, 0.1) is 9.34 Å². The van der Waals surface area contributed by atoms with Crippen LogP contribution in [0, 0.1) is 18.3 Å². The summed E-state index contributed by atoms with van der Waals surface area (Å²) in [5.41, 5.74) is 0.345. The van der Waals surface area contributed by atoms with E-state index in [0.29, 0.717) is 21.7 Å². The molecule has 2 rings (SSSR count). The van der Waals surface area contributed by atoms with Gasteiger partial charge in [-0.25, -0.2) is 9.97 Å². The summed E-state index contributed by atoms with van der Waals surface area (Å²) in [6, 6.07) is 7.24. The lowest BCUT2D eigenvalue weighted by Crippen LogP contribution is -1.97. The lowest BCUT2D eigenvalue weighted by Gasteiger charge is -2.03. The van der Waals surface area contributed by atoms with E-state index in [1.807, 2.05) is 12.1 Å². The summed E-state index contributed by atoms with van der Waals surface area (Å²) in [5, 5.41) is 12.7. The zero-order valence-corrected chi connectivity index (χ0v) is 9.93. The van der Waals surface area contributed by atoms with Gasteiger partial charge in [0.2, 0.25) is 0 Å². The molecule has 1 N–H and O–H groups in total. The van der Waals surface area contributed by atoms with Gasteiger partial charge in [-0.2, -0.15) is 5.26 Å². The topological polar surface area (TPSA) is 61.6 Å². The van der Waals surface area contributed by atoms with Crippen LogP contribution in [0.1, 0.15) is 11.5 Å². The summed E-state index contributed by atoms with van der Waals surface area (Å²) in [6.45, 7) is 1.74. The van der Waals surface area contributed by atoms with Gasteiger partial charge in [-0.3, -0.25) is 0 Å². The van der Waals surface area contributed by atoms with E-state index in [2.05, 4.69) is 15.3 Å². The molecule has 80 valence electrons. The van der Waals surface area contributed by atoms with Crippen molar-refractivity contribution in [2.45, 2.75) is 6.92 Å². The van der Waals surface area contributed by atoms with Crippen LogP contribution >= 0.6 is 22.9 Å². The SMILES string of the molecule is Cc1nc(C#N)cc(Nc2ccc(Cl)s2)n1. The van der Waals surface area contributed by atoms with E-state index in [4.69, 9.17) is 16.9 Å². The number of nitriles is 1. The van der Waals surface area contributed by atoms with E-state index in [0.717, 1.165) is 5.00 Å². The summed E-state index contributed by atoms with van der Waals surface area (Å²) in [5.74, 6) is 1.16. The van der Waals surface area contributed by atoms with Crippen molar-refractivity contribution in [1.29, 1.82) is 5.26 Å². The Morgan fingerprint density at radius 3 is 2.88 bits per heavy atom. The predicted octanol–water partition coefficient (Wildman–Crippen LogP) is 3.12. The van der Waals surface area contributed by atoms with Crippen LogP contribution in [-0.4, -0.2) is 9.97 Å². The van der Waals surface area contributed by atoms with Gasteiger partial charge in [-0.1, -0.05) is 11.6 Å². The molecule has 0 bridgehead atoms. The van der Waals surface area contributed by atoms with Crippen LogP contribution in [0.5, 0.6) is 0 Å². The fourth-order valence-corrected chi connectivity index (χ4v) is 2.15. The molecule has 0 atom stereocenters. The zero-order valence-electron chi connectivity index (χ0n) is 8.36. The molecule has 0 aliphatic heterocycles. The third-order valence-corrected chi connectivity index (χ3v) is 2.92. The van der Waals surface area contributed by atoms with Crippen LogP contribution in [0.3, 0.4) is 0 Å². The van der Waals surface area contributed by atoms with Crippen molar-refractivity contribution < 1.29 is 0 Å². The number of rotatable bonds is 2. The molecule has 2 aromatic rings. The molecule has 2 aromatic heterocycles. The third-order valence-electron chi connectivity index (χ3n) is 1.78. The van der Waals surface area contributed by atoms with Gasteiger partial charge in [0.25, 0.3) is 0 Å². The molecule has 0 aromatic carbocycles. The molecule has 0 aliphatic carbocycles. The van der Waals surface area contributed by atoms with E-state index >= 15 is 0 Å². The second kappa shape index (κ2) is 4.47. The Kier molecular flexibility index (Phi) is 3.04. The van der Waals surface area contributed by atoms with Gasteiger partial charge in [-0.15, -0.1) is 11.3 Å². The van der Waals surface area contributed by atoms with Gasteiger partial charge in [0.1, 0.15) is 23.4 Å². The number of aromatic nitrogens is 2. The van der Waals surface area contributed by atoms with Crippen molar-refractivity contribution >= 4 is 33.8 Å². The maximum atomic E-state index is 8.77. The molecule has 0 amide bonds. The third kappa shape index (κ3) is 2.48. The van der Waals surface area contributed by atoms with Gasteiger partial charge in [-0.05, 0) is 19.1 Å². The molecule has 0 radical (unpaired) electrons. The first kappa shape index (κ1) is 10.9. The quantitative estimate of drug-likeness (QED) is 0.890. The first-order valence-corrected chi connectivity index (χ1v) is 5.65. The van der Waals surface area contributed by atoms with Gasteiger partial charge in [0, 0.05) is 6.07 Å². The number of halogens is 1. The monoisotopic (exact) mass is 250 g/mol. The van der Waals surface area contributed by atoms with Crippen LogP contribution in [0.2, 0.25) is 4.34 Å². The number of anilines is 2. The summed E-state index contributed by atoms with van der Waals surface area (Å²) < 4.78 is 0.703. The zero-order chi connectivity index (χ0) is 11.5. The Morgan fingerprint density at radius 2 is 2.25 bits per heavy atom. The minimum Gasteiger partial charge on any atom is -0.332 e. The average Bonchev–Trinajstić information content (AvgIpc) is 2.63. The maximum absolute atomic E-state index is 8.77. The maximum Gasteiger partial charge on any atom is 0.146 e. The number of nitrogens with one attached hydrogen (secondary N) is 1. The van der Waals surface area contributed by atoms with Crippen LogP contribution in [0.4, 0.5) is 10.8 Å². The van der Waals surface area contributed by atoms with Crippen molar-refractivity contribution in [2.75, 3.05) is 5.32 Å². The summed E-state index contributed by atoms with van der Waals surface area (Å²) >= 11 is 7.22. The summed E-state index contributed by atoms with van der Waals surface area (Å²) in [7, 11) is 0. The van der Waals surface area contributed by atoms with Crippen LogP contribution in [0.15, 0.2) is 18.2 Å². The lowest BCUT2D eigenvalue weighted by molar-refractivity contribution is 1.04. The number of aryl methyl sites for hydroxylation is 1. The number of hydrogen-bond acceptors (Lipinski definition) is 5. The molecule has 2 heterocycles. The van der Waals surface area contributed by atoms with Crippen molar-refractivity contribution in [3.63, 3.8) is 0 Å². The second-order valence-corrected chi connectivity index (χ2v) is 4.74. The molecule has 0 saturated heterocycles. The van der Waals surface area contributed by atoms with Crippen molar-refractivity contribution in [2.24, 2.45) is 0 Å². The Bertz CT molecular complexity index is 558. The first-order chi connectivity index (χ1) is 7.67. The van der Waals surface area contributed by atoms with Crippen LogP contribution in [-0.2, 0) is 0 Å². The minimum absolute atomic E-state index is 0.345. The Labute approximate surface area is 102 Å². The van der Waals surface area contributed by atoms with Gasteiger partial charge in [0.15, 0.2) is 0 Å². The standard InChI is InChI=1S/C10H7ClN4S/c1-6-13-7(5-12)4-9(14-6)15-10-3-2-8(11)16-10/h2-4H,1H3,(H,13,14,15). The van der Waals surface area contributed by atoms with Gasteiger partial charge >= 0.3 is 0 Å². The lowest BCUT2D eigenvalue weighted by atomic mass is 10.4. The van der Waals surface area contributed by atoms with E-state index in [1.54, 1.807) is 19.1 Å². The summed E-state index contributed by atoms with van der Waals surface area (Å²) in [4.78, 5) is 8.14. The Morgan fingerprint density at radius 1 is 1.44 bits per heavy atom. The van der Waals surface area contributed by atoms with E-state index < -0.39 is 0 Å². The molecular formula is C10H7ClN4S. The summed E-state index contributed by atoms with van der Waals surface area (Å²) in [6.07, 6.45) is 0. The molecule has 0 fully saturated rings. The molecule has 4 nitrogen and oxygen atoms in total. The molecule has 16 heavy (non-hydrogen) atoms. The predicted molar refractivity (Wildman–Crippen MR) is 64.1 cm³/mol. The molecule has 0 spiro atoms. The number of thiophene rings is 1. The van der Waals surface area contributed by atoms with E-state index in [1.165, 1.54) is 11.3 Å². The van der Waals surface area contributed by atoms with Crippen molar-refractivity contribution in [1.82, 2.24) is 9.97 Å². The highest BCUT2D eigenvalue weighted by atomic mass is 35.5.